The summed E-state index contributed by atoms with van der Waals surface area (Å²) in [5.74, 6) is 1.98. The lowest BCUT2D eigenvalue weighted by Gasteiger charge is -2.57. The van der Waals surface area contributed by atoms with Crippen molar-refractivity contribution in [3.05, 3.63) is 41.0 Å². The van der Waals surface area contributed by atoms with Crippen molar-refractivity contribution in [1.29, 1.82) is 0 Å². The number of aryl methyl sites for hydroxylation is 1. The average Bonchev–Trinajstić information content (AvgIpc) is 2.84. The Morgan fingerprint density at radius 2 is 2.14 bits per heavy atom. The van der Waals surface area contributed by atoms with Gasteiger partial charge in [0.2, 0.25) is 0 Å². The van der Waals surface area contributed by atoms with Gasteiger partial charge in [-0.1, -0.05) is 31.2 Å². The third kappa shape index (κ3) is 1.27. The second-order valence-corrected chi connectivity index (χ2v) is 8.05. The standard InChI is InChI=1S/C19H24NO2/c1-11-4-6-13-10-15-14-7-5-12(2)18-19(14,8-9-20(15,3)21)16(13)17(11)22-18/h4-7,12,14-15,18,21H,8-10H2,1-3H3/q+1/t12-,14?,15?,18-,19-,20+/m0/s1. The maximum absolute atomic E-state index is 10.9. The molecule has 1 fully saturated rings. The number of likely N-dealkylation sites (tertiary alicyclic amines) is 1. The molecule has 1 aromatic carbocycles. The first-order valence-electron chi connectivity index (χ1n) is 8.51. The molecule has 0 saturated carbocycles. The van der Waals surface area contributed by atoms with Gasteiger partial charge >= 0.3 is 0 Å². The van der Waals surface area contributed by atoms with Gasteiger partial charge in [0.15, 0.2) is 0 Å². The molecule has 1 aromatic rings. The minimum Gasteiger partial charge on any atom is -0.488 e. The highest BCUT2D eigenvalue weighted by Crippen LogP contribution is 2.62. The minimum absolute atomic E-state index is 0.0915. The smallest absolute Gasteiger partial charge is 0.130 e. The average molecular weight is 298 g/mol. The molecule has 2 aliphatic heterocycles. The molecular formula is C19H24NO2+. The number of benzene rings is 1. The van der Waals surface area contributed by atoms with Crippen molar-refractivity contribution in [2.24, 2.45) is 11.8 Å². The van der Waals surface area contributed by atoms with Crippen LogP contribution < -0.4 is 4.74 Å². The molecule has 0 radical (unpaired) electrons. The van der Waals surface area contributed by atoms with E-state index in [2.05, 4.69) is 38.1 Å². The molecule has 1 N–H and O–H groups in total. The second kappa shape index (κ2) is 3.77. The highest BCUT2D eigenvalue weighted by atomic mass is 16.5. The van der Waals surface area contributed by atoms with E-state index in [1.54, 1.807) is 0 Å². The molecule has 116 valence electrons. The molecule has 4 aliphatic rings. The van der Waals surface area contributed by atoms with Gasteiger partial charge in [-0.2, -0.15) is 4.65 Å². The van der Waals surface area contributed by atoms with Crippen molar-refractivity contribution in [1.82, 2.24) is 0 Å². The Morgan fingerprint density at radius 1 is 1.32 bits per heavy atom. The number of likely N-dealkylation sites (N-methyl/N-ethyl adjacent to an activating group) is 1. The van der Waals surface area contributed by atoms with Crippen LogP contribution in [-0.2, 0) is 11.8 Å². The molecule has 3 nitrogen and oxygen atoms in total. The Hall–Kier alpha value is -1.32. The van der Waals surface area contributed by atoms with Crippen LogP contribution in [0.15, 0.2) is 24.3 Å². The van der Waals surface area contributed by atoms with E-state index in [-0.39, 0.29) is 22.2 Å². The van der Waals surface area contributed by atoms with Gasteiger partial charge in [0.1, 0.15) is 24.4 Å². The van der Waals surface area contributed by atoms with Crippen LogP contribution in [0.3, 0.4) is 0 Å². The molecular weight excluding hydrogens is 274 g/mol. The van der Waals surface area contributed by atoms with Crippen LogP contribution in [0, 0.1) is 18.8 Å². The molecule has 2 bridgehead atoms. The van der Waals surface area contributed by atoms with Crippen molar-refractivity contribution in [3.63, 3.8) is 0 Å². The second-order valence-electron chi connectivity index (χ2n) is 8.05. The topological polar surface area (TPSA) is 29.5 Å². The van der Waals surface area contributed by atoms with Crippen LogP contribution in [0.1, 0.15) is 30.0 Å². The SMILES string of the molecule is Cc1ccc2c3c1O[C@H]1[C@@H](C)C=CC4C(C2)[N@+](C)(O)CC[C@@]341. The molecule has 2 aliphatic carbocycles. The Bertz CT molecular complexity index is 708. The Morgan fingerprint density at radius 3 is 2.95 bits per heavy atom. The summed E-state index contributed by atoms with van der Waals surface area (Å²) in [6.07, 6.45) is 6.92. The van der Waals surface area contributed by atoms with E-state index in [1.807, 2.05) is 7.05 Å². The molecule has 2 unspecified atom stereocenters. The molecule has 0 amide bonds. The lowest BCUT2D eigenvalue weighted by atomic mass is 9.52. The van der Waals surface area contributed by atoms with E-state index in [4.69, 9.17) is 4.74 Å². The highest BCUT2D eigenvalue weighted by Gasteiger charge is 2.67. The van der Waals surface area contributed by atoms with Crippen molar-refractivity contribution in [2.45, 2.75) is 44.2 Å². The van der Waals surface area contributed by atoms with Gasteiger partial charge in [-0.15, -0.1) is 0 Å². The molecule has 2 heterocycles. The number of hydrogen-bond donors (Lipinski definition) is 1. The number of piperidine rings is 1. The Labute approximate surface area is 131 Å². The van der Waals surface area contributed by atoms with E-state index in [0.29, 0.717) is 11.8 Å². The van der Waals surface area contributed by atoms with E-state index in [1.165, 1.54) is 16.7 Å². The Balaban J connectivity index is 1.84. The van der Waals surface area contributed by atoms with Gasteiger partial charge in [-0.05, 0) is 18.1 Å². The van der Waals surface area contributed by atoms with Crippen LogP contribution in [0.25, 0.3) is 0 Å². The lowest BCUT2D eigenvalue weighted by molar-refractivity contribution is -1.11. The van der Waals surface area contributed by atoms with Gasteiger partial charge in [-0.3, -0.25) is 0 Å². The zero-order valence-electron chi connectivity index (χ0n) is 13.5. The summed E-state index contributed by atoms with van der Waals surface area (Å²) in [6, 6.07) is 4.72. The van der Waals surface area contributed by atoms with Crippen LogP contribution in [0.5, 0.6) is 5.75 Å². The van der Waals surface area contributed by atoms with Gasteiger partial charge < -0.3 is 4.74 Å². The molecule has 0 aromatic heterocycles. The van der Waals surface area contributed by atoms with E-state index in [0.717, 1.165) is 25.1 Å². The molecule has 1 spiro atoms. The predicted molar refractivity (Wildman–Crippen MR) is 84.0 cm³/mol. The maximum atomic E-state index is 10.9. The van der Waals surface area contributed by atoms with Crippen LogP contribution in [0.2, 0.25) is 0 Å². The molecule has 5 rings (SSSR count). The van der Waals surface area contributed by atoms with Crippen LogP contribution in [-0.4, -0.2) is 35.6 Å². The number of quaternary nitrogens is 1. The number of hydroxylamine groups is 3. The minimum atomic E-state index is 0.0915. The largest absolute Gasteiger partial charge is 0.488 e. The number of nitrogens with zero attached hydrogens (tertiary/aromatic N) is 1. The molecule has 3 heteroatoms. The quantitative estimate of drug-likeness (QED) is 0.589. The van der Waals surface area contributed by atoms with Crippen LogP contribution >= 0.6 is 0 Å². The molecule has 22 heavy (non-hydrogen) atoms. The number of hydrogen-bond acceptors (Lipinski definition) is 2. The van der Waals surface area contributed by atoms with Gasteiger partial charge in [0.05, 0.1) is 12.5 Å². The first-order chi connectivity index (χ1) is 10.4. The number of ether oxygens (including phenoxy) is 1. The maximum Gasteiger partial charge on any atom is 0.130 e. The predicted octanol–water partition coefficient (Wildman–Crippen LogP) is 2.98. The van der Waals surface area contributed by atoms with Crippen molar-refractivity contribution in [3.8, 4) is 5.75 Å². The summed E-state index contributed by atoms with van der Waals surface area (Å²) in [5.41, 5.74) is 4.24. The summed E-state index contributed by atoms with van der Waals surface area (Å²) in [5, 5.41) is 10.9. The third-order valence-corrected chi connectivity index (χ3v) is 6.89. The fourth-order valence-electron chi connectivity index (χ4n) is 5.81. The normalized spacial score (nSPS) is 47.1. The van der Waals surface area contributed by atoms with E-state index in [9.17, 15) is 5.21 Å². The van der Waals surface area contributed by atoms with Crippen LogP contribution in [0.4, 0.5) is 0 Å². The first kappa shape index (κ1) is 13.1. The fourth-order valence-corrected chi connectivity index (χ4v) is 5.81. The summed E-state index contributed by atoms with van der Waals surface area (Å²) >= 11 is 0. The summed E-state index contributed by atoms with van der Waals surface area (Å²) < 4.78 is 6.70. The van der Waals surface area contributed by atoms with Crippen molar-refractivity contribution < 1.29 is 14.6 Å². The van der Waals surface area contributed by atoms with Gasteiger partial charge in [0, 0.05) is 30.2 Å². The molecule has 6 atom stereocenters. The van der Waals surface area contributed by atoms with Gasteiger partial charge in [-0.25, -0.2) is 5.21 Å². The molecule has 1 saturated heterocycles. The zero-order valence-corrected chi connectivity index (χ0v) is 13.5. The first-order valence-corrected chi connectivity index (χ1v) is 8.51. The third-order valence-electron chi connectivity index (χ3n) is 6.89. The lowest BCUT2D eigenvalue weighted by Crippen LogP contribution is -2.69. The Kier molecular flexibility index (Phi) is 2.25. The van der Waals surface area contributed by atoms with Crippen molar-refractivity contribution >= 4 is 0 Å². The van der Waals surface area contributed by atoms with E-state index < -0.39 is 0 Å². The monoisotopic (exact) mass is 298 g/mol. The number of rotatable bonds is 0. The highest BCUT2D eigenvalue weighted by molar-refractivity contribution is 5.58. The van der Waals surface area contributed by atoms with E-state index >= 15 is 0 Å². The summed E-state index contributed by atoms with van der Waals surface area (Å²) in [6.45, 7) is 5.27. The van der Waals surface area contributed by atoms with Gasteiger partial charge in [0.25, 0.3) is 0 Å². The zero-order chi connectivity index (χ0) is 15.3. The summed E-state index contributed by atoms with van der Waals surface area (Å²) in [7, 11) is 1.98. The fraction of sp³-hybridized carbons (Fsp3) is 0.579. The van der Waals surface area contributed by atoms with Crippen molar-refractivity contribution in [2.75, 3.05) is 13.6 Å². The summed E-state index contributed by atoms with van der Waals surface area (Å²) in [4.78, 5) is 0.